The SMILES string of the molecule is NC(=O)c1ccc(NC(=O)Cc2coc3cc4c(cc23)CCC4)cc1. The summed E-state index contributed by atoms with van der Waals surface area (Å²) in [4.78, 5) is 23.4. The van der Waals surface area contributed by atoms with Crippen molar-refractivity contribution in [2.24, 2.45) is 5.73 Å². The maximum Gasteiger partial charge on any atom is 0.248 e. The highest BCUT2D eigenvalue weighted by Crippen LogP contribution is 2.30. The van der Waals surface area contributed by atoms with Gasteiger partial charge in [0.2, 0.25) is 11.8 Å². The first-order valence-electron chi connectivity index (χ1n) is 8.32. The van der Waals surface area contributed by atoms with Gasteiger partial charge in [-0.3, -0.25) is 9.59 Å². The number of carbonyl (C=O) groups is 2. The average molecular weight is 334 g/mol. The Morgan fingerprint density at radius 1 is 1.08 bits per heavy atom. The first kappa shape index (κ1) is 15.4. The molecule has 0 fully saturated rings. The average Bonchev–Trinajstić information content (AvgIpc) is 3.20. The van der Waals surface area contributed by atoms with Gasteiger partial charge in [0.15, 0.2) is 0 Å². The molecule has 1 aromatic heterocycles. The quantitative estimate of drug-likeness (QED) is 0.768. The van der Waals surface area contributed by atoms with Crippen LogP contribution in [0.25, 0.3) is 11.0 Å². The fraction of sp³-hybridized carbons (Fsp3) is 0.200. The Balaban J connectivity index is 1.51. The molecule has 5 nitrogen and oxygen atoms in total. The molecular formula is C20H18N2O3. The van der Waals surface area contributed by atoms with Gasteiger partial charge in [0.25, 0.3) is 0 Å². The number of hydrogen-bond acceptors (Lipinski definition) is 3. The van der Waals surface area contributed by atoms with Gasteiger partial charge in [-0.05, 0) is 66.8 Å². The number of nitrogens with one attached hydrogen (secondary N) is 1. The molecule has 1 aliphatic carbocycles. The lowest BCUT2D eigenvalue weighted by Crippen LogP contribution is -2.15. The van der Waals surface area contributed by atoms with Crippen molar-refractivity contribution >= 4 is 28.5 Å². The summed E-state index contributed by atoms with van der Waals surface area (Å²) in [6.45, 7) is 0. The van der Waals surface area contributed by atoms with Crippen LogP contribution in [0.3, 0.4) is 0 Å². The summed E-state index contributed by atoms with van der Waals surface area (Å²) < 4.78 is 5.64. The van der Waals surface area contributed by atoms with Gasteiger partial charge >= 0.3 is 0 Å². The van der Waals surface area contributed by atoms with Gasteiger partial charge in [0, 0.05) is 22.2 Å². The van der Waals surface area contributed by atoms with Crippen molar-refractivity contribution in [2.75, 3.05) is 5.32 Å². The second-order valence-electron chi connectivity index (χ2n) is 6.40. The molecule has 3 N–H and O–H groups in total. The number of furan rings is 1. The smallest absolute Gasteiger partial charge is 0.248 e. The minimum atomic E-state index is -0.490. The van der Waals surface area contributed by atoms with Crippen molar-refractivity contribution in [1.29, 1.82) is 0 Å². The zero-order valence-electron chi connectivity index (χ0n) is 13.7. The number of anilines is 1. The first-order chi connectivity index (χ1) is 12.1. The largest absolute Gasteiger partial charge is 0.464 e. The molecule has 0 aliphatic heterocycles. The lowest BCUT2D eigenvalue weighted by Gasteiger charge is -2.05. The van der Waals surface area contributed by atoms with Gasteiger partial charge < -0.3 is 15.5 Å². The Kier molecular flexibility index (Phi) is 3.76. The van der Waals surface area contributed by atoms with Crippen molar-refractivity contribution in [2.45, 2.75) is 25.7 Å². The van der Waals surface area contributed by atoms with E-state index >= 15 is 0 Å². The summed E-state index contributed by atoms with van der Waals surface area (Å²) >= 11 is 0. The molecule has 1 aliphatic rings. The van der Waals surface area contributed by atoms with Crippen LogP contribution in [-0.4, -0.2) is 11.8 Å². The number of primary amides is 1. The van der Waals surface area contributed by atoms with Crippen LogP contribution in [0.15, 0.2) is 47.1 Å². The lowest BCUT2D eigenvalue weighted by molar-refractivity contribution is -0.115. The monoisotopic (exact) mass is 334 g/mol. The number of amides is 2. The molecule has 0 spiro atoms. The Hall–Kier alpha value is -3.08. The normalized spacial score (nSPS) is 13.0. The van der Waals surface area contributed by atoms with Crippen molar-refractivity contribution in [3.63, 3.8) is 0 Å². The van der Waals surface area contributed by atoms with E-state index in [2.05, 4.69) is 17.4 Å². The Bertz CT molecular complexity index is 971. The number of benzene rings is 2. The number of rotatable bonds is 4. The summed E-state index contributed by atoms with van der Waals surface area (Å²) in [5.41, 5.74) is 10.7. The molecule has 25 heavy (non-hydrogen) atoms. The molecule has 0 saturated carbocycles. The third-order valence-corrected chi connectivity index (χ3v) is 4.67. The Labute approximate surface area is 144 Å². The van der Waals surface area contributed by atoms with Crippen LogP contribution < -0.4 is 11.1 Å². The minimum absolute atomic E-state index is 0.130. The van der Waals surface area contributed by atoms with Crippen LogP contribution in [0.5, 0.6) is 0 Å². The van der Waals surface area contributed by atoms with Crippen molar-refractivity contribution in [1.82, 2.24) is 0 Å². The van der Waals surface area contributed by atoms with Crippen LogP contribution in [0.2, 0.25) is 0 Å². The second-order valence-corrected chi connectivity index (χ2v) is 6.40. The molecule has 2 aromatic carbocycles. The molecule has 1 heterocycles. The van der Waals surface area contributed by atoms with Crippen LogP contribution in [0.1, 0.15) is 33.5 Å². The molecule has 0 unspecified atom stereocenters. The summed E-state index contributed by atoms with van der Waals surface area (Å²) in [5.74, 6) is -0.620. The summed E-state index contributed by atoms with van der Waals surface area (Å²) in [7, 11) is 0. The minimum Gasteiger partial charge on any atom is -0.464 e. The number of fused-ring (bicyclic) bond motifs is 2. The predicted octanol–water partition coefficient (Wildman–Crippen LogP) is 3.20. The molecule has 3 aromatic rings. The molecule has 0 radical (unpaired) electrons. The molecule has 5 heteroatoms. The standard InChI is InChI=1S/C20H18N2O3/c21-20(24)12-4-6-16(7-5-12)22-19(23)10-15-11-25-18-9-14-3-1-2-13(14)8-17(15)18/h4-9,11H,1-3,10H2,(H2,21,24)(H,22,23). The van der Waals surface area contributed by atoms with E-state index in [1.807, 2.05) is 0 Å². The maximum atomic E-state index is 12.3. The Morgan fingerprint density at radius 3 is 2.52 bits per heavy atom. The summed E-state index contributed by atoms with van der Waals surface area (Å²) in [5, 5.41) is 3.84. The Morgan fingerprint density at radius 2 is 1.80 bits per heavy atom. The predicted molar refractivity (Wildman–Crippen MR) is 95.5 cm³/mol. The van der Waals surface area contributed by atoms with Crippen molar-refractivity contribution in [3.8, 4) is 0 Å². The molecule has 0 bridgehead atoms. The molecule has 0 atom stereocenters. The maximum absolute atomic E-state index is 12.3. The highest BCUT2D eigenvalue weighted by atomic mass is 16.3. The lowest BCUT2D eigenvalue weighted by atomic mass is 10.0. The topological polar surface area (TPSA) is 85.3 Å². The van der Waals surface area contributed by atoms with E-state index in [-0.39, 0.29) is 12.3 Å². The van der Waals surface area contributed by atoms with Gasteiger partial charge in [0.1, 0.15) is 5.58 Å². The highest BCUT2D eigenvalue weighted by Gasteiger charge is 2.16. The molecule has 4 rings (SSSR count). The van der Waals surface area contributed by atoms with Gasteiger partial charge in [0.05, 0.1) is 12.7 Å². The van der Waals surface area contributed by atoms with E-state index in [0.29, 0.717) is 11.3 Å². The van der Waals surface area contributed by atoms with Crippen LogP contribution >= 0.6 is 0 Å². The zero-order valence-corrected chi connectivity index (χ0v) is 13.7. The molecule has 126 valence electrons. The van der Waals surface area contributed by atoms with Crippen LogP contribution in [-0.2, 0) is 24.1 Å². The van der Waals surface area contributed by atoms with Crippen LogP contribution in [0, 0.1) is 0 Å². The second kappa shape index (κ2) is 6.09. The third kappa shape index (κ3) is 3.01. The van der Waals surface area contributed by atoms with E-state index in [4.69, 9.17) is 10.2 Å². The number of nitrogens with two attached hydrogens (primary N) is 1. The summed E-state index contributed by atoms with van der Waals surface area (Å²) in [6, 6.07) is 10.8. The van der Waals surface area contributed by atoms with Gasteiger partial charge in [-0.1, -0.05) is 0 Å². The van der Waals surface area contributed by atoms with Gasteiger partial charge in [-0.15, -0.1) is 0 Å². The summed E-state index contributed by atoms with van der Waals surface area (Å²) in [6.07, 6.45) is 5.27. The molecular weight excluding hydrogens is 316 g/mol. The fourth-order valence-corrected chi connectivity index (χ4v) is 3.38. The van der Waals surface area contributed by atoms with E-state index in [0.717, 1.165) is 29.4 Å². The number of hydrogen-bond donors (Lipinski definition) is 2. The van der Waals surface area contributed by atoms with Crippen molar-refractivity contribution < 1.29 is 14.0 Å². The molecule has 2 amide bonds. The fourth-order valence-electron chi connectivity index (χ4n) is 3.38. The van der Waals surface area contributed by atoms with Gasteiger partial charge in [-0.2, -0.15) is 0 Å². The highest BCUT2D eigenvalue weighted by molar-refractivity contribution is 5.97. The van der Waals surface area contributed by atoms with Crippen LogP contribution in [0.4, 0.5) is 5.69 Å². The van der Waals surface area contributed by atoms with E-state index in [1.54, 1.807) is 30.5 Å². The van der Waals surface area contributed by atoms with Gasteiger partial charge in [-0.25, -0.2) is 0 Å². The van der Waals surface area contributed by atoms with E-state index in [1.165, 1.54) is 17.5 Å². The first-order valence-corrected chi connectivity index (χ1v) is 8.32. The number of carbonyl (C=O) groups excluding carboxylic acids is 2. The van der Waals surface area contributed by atoms with E-state index < -0.39 is 5.91 Å². The zero-order chi connectivity index (χ0) is 17.4. The van der Waals surface area contributed by atoms with Crippen molar-refractivity contribution in [3.05, 3.63) is 64.9 Å². The third-order valence-electron chi connectivity index (χ3n) is 4.67. The molecule has 0 saturated heterocycles. The number of aryl methyl sites for hydroxylation is 2. The van der Waals surface area contributed by atoms with E-state index in [9.17, 15) is 9.59 Å².